The Kier molecular flexibility index (Phi) is 10.2. The summed E-state index contributed by atoms with van der Waals surface area (Å²) in [4.78, 5) is 63.3. The van der Waals surface area contributed by atoms with Gasteiger partial charge in [-0.25, -0.2) is 14.4 Å². The zero-order chi connectivity index (χ0) is 29.2. The third-order valence-corrected chi connectivity index (χ3v) is 5.79. The van der Waals surface area contributed by atoms with Gasteiger partial charge in [0.05, 0.1) is 25.3 Å². The van der Waals surface area contributed by atoms with Crippen molar-refractivity contribution in [1.29, 1.82) is 0 Å². The number of nitrogens with one attached hydrogen (secondary N) is 2. The van der Waals surface area contributed by atoms with Gasteiger partial charge in [0.2, 0.25) is 12.2 Å². The summed E-state index contributed by atoms with van der Waals surface area (Å²) in [5.41, 5.74) is 4.11. The van der Waals surface area contributed by atoms with E-state index in [9.17, 15) is 29.1 Å². The van der Waals surface area contributed by atoms with Gasteiger partial charge in [0, 0.05) is 10.0 Å². The average Bonchev–Trinajstić information content (AvgIpc) is 2.97. The fraction of sp³-hybridized carbons (Fsp3) is 0.148. The molecule has 0 saturated carbocycles. The minimum Gasteiger partial charge on any atom is -0.497 e. The van der Waals surface area contributed by atoms with Crippen LogP contribution in [0.1, 0.15) is 31.1 Å². The minimum atomic E-state index is -2.31. The standard InChI is InChI=1S/C27H23BrN2O10/c1-37-19-7-3-5-16(13-19)26(35)39-21(24(32)30-29-23(31)15-9-11-18(28)12-10-15)22(25(33)34)40-27(36)17-6-4-8-20(14-17)38-2/h3-14,21-22H,1-2H3,(H,29,31)(H,30,32)(H,33,34)/t21-,22+/m1/s1. The maximum absolute atomic E-state index is 13.1. The lowest BCUT2D eigenvalue weighted by molar-refractivity contribution is -0.159. The quantitative estimate of drug-likeness (QED) is 0.228. The van der Waals surface area contributed by atoms with E-state index in [1.54, 1.807) is 24.3 Å². The molecule has 0 radical (unpaired) electrons. The molecule has 3 aromatic carbocycles. The average molecular weight is 615 g/mol. The van der Waals surface area contributed by atoms with Crippen molar-refractivity contribution >= 4 is 45.7 Å². The van der Waals surface area contributed by atoms with Crippen molar-refractivity contribution in [2.75, 3.05) is 14.2 Å². The van der Waals surface area contributed by atoms with Crippen LogP contribution in [0, 0.1) is 0 Å². The van der Waals surface area contributed by atoms with Gasteiger partial charge >= 0.3 is 17.9 Å². The number of hydrazine groups is 1. The van der Waals surface area contributed by atoms with E-state index >= 15 is 0 Å². The van der Waals surface area contributed by atoms with Crippen molar-refractivity contribution < 1.29 is 48.0 Å². The lowest BCUT2D eigenvalue weighted by Crippen LogP contribution is -2.54. The predicted molar refractivity (Wildman–Crippen MR) is 142 cm³/mol. The van der Waals surface area contributed by atoms with E-state index < -0.39 is 41.9 Å². The van der Waals surface area contributed by atoms with Crippen LogP contribution in [0.15, 0.2) is 77.3 Å². The van der Waals surface area contributed by atoms with Crippen molar-refractivity contribution in [3.8, 4) is 11.5 Å². The molecule has 2 atom stereocenters. The smallest absolute Gasteiger partial charge is 0.349 e. The van der Waals surface area contributed by atoms with Gasteiger partial charge in [-0.2, -0.15) is 0 Å². The normalized spacial score (nSPS) is 11.8. The van der Waals surface area contributed by atoms with E-state index in [0.717, 1.165) is 0 Å². The van der Waals surface area contributed by atoms with Crippen LogP contribution in [0.3, 0.4) is 0 Å². The first-order chi connectivity index (χ1) is 19.1. The van der Waals surface area contributed by atoms with E-state index in [0.29, 0.717) is 4.47 Å². The first-order valence-corrected chi connectivity index (χ1v) is 12.2. The Hall–Kier alpha value is -4.91. The zero-order valence-electron chi connectivity index (χ0n) is 21.1. The Balaban J connectivity index is 1.87. The molecule has 0 fully saturated rings. The summed E-state index contributed by atoms with van der Waals surface area (Å²) in [7, 11) is 2.73. The molecule has 13 heteroatoms. The molecule has 2 amide bonds. The summed E-state index contributed by atoms with van der Waals surface area (Å²) in [6, 6.07) is 17.4. The molecule has 0 heterocycles. The van der Waals surface area contributed by atoms with Crippen LogP contribution in [0.25, 0.3) is 0 Å². The molecule has 3 aromatic rings. The first kappa shape index (κ1) is 29.6. The number of methoxy groups -OCH3 is 2. The fourth-order valence-corrected chi connectivity index (χ4v) is 3.49. The van der Waals surface area contributed by atoms with Gasteiger partial charge in [0.25, 0.3) is 11.8 Å². The number of hydrogen-bond acceptors (Lipinski definition) is 9. The van der Waals surface area contributed by atoms with Gasteiger partial charge in [0.15, 0.2) is 0 Å². The molecule has 0 aromatic heterocycles. The molecule has 3 N–H and O–H groups in total. The first-order valence-electron chi connectivity index (χ1n) is 11.4. The molecule has 0 saturated heterocycles. The third kappa shape index (κ3) is 7.80. The van der Waals surface area contributed by atoms with Gasteiger partial charge in [0.1, 0.15) is 11.5 Å². The SMILES string of the molecule is COc1cccc(C(=O)O[C@H](C(=O)O)[C@@H](OC(=O)c2cccc(OC)c2)C(=O)NNC(=O)c2ccc(Br)cc2)c1. The van der Waals surface area contributed by atoms with Crippen molar-refractivity contribution in [3.63, 3.8) is 0 Å². The monoisotopic (exact) mass is 614 g/mol. The van der Waals surface area contributed by atoms with Crippen LogP contribution in [0.4, 0.5) is 0 Å². The number of carbonyl (C=O) groups excluding carboxylic acids is 4. The lowest BCUT2D eigenvalue weighted by Gasteiger charge is -2.23. The molecule has 0 bridgehead atoms. The van der Waals surface area contributed by atoms with Crippen LogP contribution in [0.2, 0.25) is 0 Å². The highest BCUT2D eigenvalue weighted by molar-refractivity contribution is 9.10. The van der Waals surface area contributed by atoms with E-state index in [1.807, 2.05) is 5.43 Å². The highest BCUT2D eigenvalue weighted by Gasteiger charge is 2.41. The second-order valence-electron chi connectivity index (χ2n) is 7.90. The van der Waals surface area contributed by atoms with Crippen LogP contribution in [-0.2, 0) is 19.1 Å². The lowest BCUT2D eigenvalue weighted by atomic mass is 10.1. The van der Waals surface area contributed by atoms with Crippen molar-refractivity contribution in [1.82, 2.24) is 10.9 Å². The third-order valence-electron chi connectivity index (χ3n) is 5.26. The summed E-state index contributed by atoms with van der Waals surface area (Å²) >= 11 is 3.24. The van der Waals surface area contributed by atoms with Gasteiger partial charge < -0.3 is 24.1 Å². The summed E-state index contributed by atoms with van der Waals surface area (Å²) in [6.45, 7) is 0. The van der Waals surface area contributed by atoms with Crippen molar-refractivity contribution in [2.24, 2.45) is 0 Å². The number of carboxylic acids is 1. The summed E-state index contributed by atoms with van der Waals surface area (Å²) in [6.07, 6.45) is -4.53. The number of ether oxygens (including phenoxy) is 4. The predicted octanol–water partition coefficient (Wildman–Crippen LogP) is 2.76. The summed E-state index contributed by atoms with van der Waals surface area (Å²) in [5.74, 6) is -5.52. The molecule has 0 aliphatic rings. The molecule has 40 heavy (non-hydrogen) atoms. The fourth-order valence-electron chi connectivity index (χ4n) is 3.22. The van der Waals surface area contributed by atoms with Crippen molar-refractivity contribution in [3.05, 3.63) is 94.0 Å². The second-order valence-corrected chi connectivity index (χ2v) is 8.82. The Bertz CT molecular complexity index is 1410. The maximum atomic E-state index is 13.1. The Labute approximate surface area is 236 Å². The van der Waals surface area contributed by atoms with Crippen LogP contribution < -0.4 is 20.3 Å². The Morgan fingerprint density at radius 1 is 0.700 bits per heavy atom. The zero-order valence-corrected chi connectivity index (χ0v) is 22.7. The molecule has 0 unspecified atom stereocenters. The largest absolute Gasteiger partial charge is 0.497 e. The highest BCUT2D eigenvalue weighted by atomic mass is 79.9. The number of rotatable bonds is 10. The number of carboxylic acid groups (broad SMARTS) is 1. The van der Waals surface area contributed by atoms with Gasteiger partial charge in [-0.1, -0.05) is 28.1 Å². The molecule has 208 valence electrons. The van der Waals surface area contributed by atoms with Crippen molar-refractivity contribution in [2.45, 2.75) is 12.2 Å². The van der Waals surface area contributed by atoms with E-state index in [2.05, 4.69) is 21.4 Å². The number of aliphatic carboxylic acids is 1. The molecular weight excluding hydrogens is 592 g/mol. The topological polar surface area (TPSA) is 167 Å². The summed E-state index contributed by atoms with van der Waals surface area (Å²) in [5, 5.41) is 9.85. The molecule has 0 spiro atoms. The molecule has 0 aliphatic carbocycles. The molecule has 3 rings (SSSR count). The number of benzene rings is 3. The minimum absolute atomic E-state index is 0.0840. The number of carbonyl (C=O) groups is 5. The number of halogens is 1. The van der Waals surface area contributed by atoms with E-state index in [-0.39, 0.29) is 28.2 Å². The molecule has 12 nitrogen and oxygen atoms in total. The van der Waals surface area contributed by atoms with Crippen LogP contribution in [0.5, 0.6) is 11.5 Å². The van der Waals surface area contributed by atoms with Gasteiger partial charge in [-0.05, 0) is 60.7 Å². The maximum Gasteiger partial charge on any atom is 0.349 e. The second kappa shape index (κ2) is 13.8. The van der Waals surface area contributed by atoms with Crippen LogP contribution in [-0.4, -0.2) is 61.3 Å². The number of amides is 2. The highest BCUT2D eigenvalue weighted by Crippen LogP contribution is 2.18. The van der Waals surface area contributed by atoms with Gasteiger partial charge in [-0.3, -0.25) is 20.4 Å². The number of hydrogen-bond donors (Lipinski definition) is 3. The Morgan fingerprint density at radius 3 is 1.68 bits per heavy atom. The summed E-state index contributed by atoms with van der Waals surface area (Å²) < 4.78 is 21.1. The van der Waals surface area contributed by atoms with E-state index in [1.165, 1.54) is 62.8 Å². The number of esters is 2. The van der Waals surface area contributed by atoms with E-state index in [4.69, 9.17) is 18.9 Å². The molecular formula is C27H23BrN2O10. The molecule has 0 aliphatic heterocycles. The van der Waals surface area contributed by atoms with Crippen LogP contribution >= 0.6 is 15.9 Å². The Morgan fingerprint density at radius 2 is 1.20 bits per heavy atom. The van der Waals surface area contributed by atoms with Gasteiger partial charge in [-0.15, -0.1) is 0 Å².